The zero-order chi connectivity index (χ0) is 12.4. The van der Waals surface area contributed by atoms with Crippen molar-refractivity contribution in [2.45, 2.75) is 26.3 Å². The number of nitrogens with two attached hydrogens (primary N) is 1. The fraction of sp³-hybridized carbons (Fsp3) is 0.308. The first-order valence-corrected chi connectivity index (χ1v) is 6.37. The van der Waals surface area contributed by atoms with Crippen LogP contribution >= 0.6 is 11.3 Å². The summed E-state index contributed by atoms with van der Waals surface area (Å²) < 4.78 is 13.2. The van der Waals surface area contributed by atoms with Gasteiger partial charge in [0.1, 0.15) is 5.82 Å². The summed E-state index contributed by atoms with van der Waals surface area (Å²) in [6.45, 7) is 3.91. The van der Waals surface area contributed by atoms with Gasteiger partial charge in [-0.15, -0.1) is 11.3 Å². The highest BCUT2D eigenvalue weighted by Crippen LogP contribution is 2.21. The van der Waals surface area contributed by atoms with Crippen LogP contribution < -0.4 is 5.73 Å². The molecule has 0 aliphatic carbocycles. The van der Waals surface area contributed by atoms with Crippen LogP contribution in [0, 0.1) is 19.7 Å². The van der Waals surface area contributed by atoms with Gasteiger partial charge in [-0.25, -0.2) is 9.37 Å². The third-order valence-corrected chi connectivity index (χ3v) is 3.56. The van der Waals surface area contributed by atoms with Crippen LogP contribution in [0.25, 0.3) is 0 Å². The van der Waals surface area contributed by atoms with Crippen LogP contribution in [-0.2, 0) is 6.42 Å². The lowest BCUT2D eigenvalue weighted by Crippen LogP contribution is -2.15. The van der Waals surface area contributed by atoms with Crippen molar-refractivity contribution in [3.8, 4) is 0 Å². The van der Waals surface area contributed by atoms with Crippen molar-refractivity contribution in [1.82, 2.24) is 4.98 Å². The van der Waals surface area contributed by atoms with Crippen molar-refractivity contribution in [1.29, 1.82) is 0 Å². The Morgan fingerprint density at radius 1 is 1.41 bits per heavy atom. The van der Waals surface area contributed by atoms with Crippen molar-refractivity contribution in [2.75, 3.05) is 0 Å². The molecule has 0 saturated carbocycles. The minimum atomic E-state index is -0.240. The van der Waals surface area contributed by atoms with Gasteiger partial charge in [0.05, 0.1) is 10.7 Å². The molecule has 4 heteroatoms. The SMILES string of the molecule is Cc1nc(CC(N)c2cc(F)ccc2C)cs1. The summed E-state index contributed by atoms with van der Waals surface area (Å²) in [5.74, 6) is -0.240. The van der Waals surface area contributed by atoms with Gasteiger partial charge in [-0.2, -0.15) is 0 Å². The first-order chi connectivity index (χ1) is 8.06. The molecule has 2 rings (SSSR count). The number of halogens is 1. The fourth-order valence-electron chi connectivity index (χ4n) is 1.85. The molecule has 2 nitrogen and oxygen atoms in total. The van der Waals surface area contributed by atoms with Crippen LogP contribution in [0.3, 0.4) is 0 Å². The van der Waals surface area contributed by atoms with Crippen molar-refractivity contribution in [2.24, 2.45) is 5.73 Å². The molecule has 0 amide bonds. The van der Waals surface area contributed by atoms with E-state index in [-0.39, 0.29) is 11.9 Å². The highest BCUT2D eigenvalue weighted by atomic mass is 32.1. The smallest absolute Gasteiger partial charge is 0.123 e. The minimum Gasteiger partial charge on any atom is -0.324 e. The third-order valence-electron chi connectivity index (χ3n) is 2.74. The molecule has 1 heterocycles. The summed E-state index contributed by atoms with van der Waals surface area (Å²) in [4.78, 5) is 4.37. The maximum absolute atomic E-state index is 13.2. The van der Waals surface area contributed by atoms with Gasteiger partial charge in [0.25, 0.3) is 0 Å². The minimum absolute atomic E-state index is 0.202. The van der Waals surface area contributed by atoms with E-state index in [1.54, 1.807) is 17.4 Å². The summed E-state index contributed by atoms with van der Waals surface area (Å²) in [7, 11) is 0. The highest BCUT2D eigenvalue weighted by molar-refractivity contribution is 7.09. The van der Waals surface area contributed by atoms with Gasteiger partial charge in [-0.05, 0) is 37.1 Å². The molecule has 90 valence electrons. The molecule has 1 unspecified atom stereocenters. The maximum Gasteiger partial charge on any atom is 0.123 e. The van der Waals surface area contributed by atoms with E-state index in [0.717, 1.165) is 21.8 Å². The largest absolute Gasteiger partial charge is 0.324 e. The van der Waals surface area contributed by atoms with Crippen LogP contribution in [-0.4, -0.2) is 4.98 Å². The molecule has 2 N–H and O–H groups in total. The molecule has 0 aliphatic rings. The maximum atomic E-state index is 13.2. The Labute approximate surface area is 104 Å². The van der Waals surface area contributed by atoms with Crippen LogP contribution in [0.2, 0.25) is 0 Å². The molecule has 2 aromatic rings. The predicted octanol–water partition coefficient (Wildman–Crippen LogP) is 3.14. The zero-order valence-electron chi connectivity index (χ0n) is 9.90. The van der Waals surface area contributed by atoms with E-state index < -0.39 is 0 Å². The van der Waals surface area contributed by atoms with E-state index in [1.165, 1.54) is 12.1 Å². The molecule has 1 aromatic heterocycles. The van der Waals surface area contributed by atoms with Gasteiger partial charge in [0.15, 0.2) is 0 Å². The van der Waals surface area contributed by atoms with E-state index in [1.807, 2.05) is 19.2 Å². The van der Waals surface area contributed by atoms with Crippen LogP contribution in [0.1, 0.15) is 27.9 Å². The Hall–Kier alpha value is -1.26. The average molecular weight is 250 g/mol. The number of hydrogen-bond donors (Lipinski definition) is 1. The highest BCUT2D eigenvalue weighted by Gasteiger charge is 2.12. The summed E-state index contributed by atoms with van der Waals surface area (Å²) in [5, 5.41) is 3.03. The van der Waals surface area contributed by atoms with Gasteiger partial charge in [-0.1, -0.05) is 6.07 Å². The second-order valence-electron chi connectivity index (χ2n) is 4.17. The molecule has 0 radical (unpaired) electrons. The quantitative estimate of drug-likeness (QED) is 0.909. The van der Waals surface area contributed by atoms with E-state index in [4.69, 9.17) is 5.73 Å². The van der Waals surface area contributed by atoms with Gasteiger partial charge >= 0.3 is 0 Å². The lowest BCUT2D eigenvalue weighted by atomic mass is 9.98. The molecule has 0 fully saturated rings. The Morgan fingerprint density at radius 2 is 2.18 bits per heavy atom. The van der Waals surface area contributed by atoms with E-state index in [0.29, 0.717) is 6.42 Å². The molecule has 0 spiro atoms. The third kappa shape index (κ3) is 2.90. The Bertz CT molecular complexity index is 522. The Morgan fingerprint density at radius 3 is 2.82 bits per heavy atom. The Balaban J connectivity index is 2.19. The lowest BCUT2D eigenvalue weighted by molar-refractivity contribution is 0.616. The lowest BCUT2D eigenvalue weighted by Gasteiger charge is -2.13. The number of hydrogen-bond acceptors (Lipinski definition) is 3. The van der Waals surface area contributed by atoms with Gasteiger partial charge in [-0.3, -0.25) is 0 Å². The molecule has 0 aliphatic heterocycles. The van der Waals surface area contributed by atoms with Crippen molar-refractivity contribution >= 4 is 11.3 Å². The molecule has 1 atom stereocenters. The van der Waals surface area contributed by atoms with Crippen molar-refractivity contribution in [3.05, 3.63) is 51.2 Å². The second kappa shape index (κ2) is 4.94. The standard InChI is InChI=1S/C13H15FN2S/c1-8-3-4-10(14)5-12(8)13(15)6-11-7-17-9(2)16-11/h3-5,7,13H,6,15H2,1-2H3. The van der Waals surface area contributed by atoms with Crippen molar-refractivity contribution < 1.29 is 4.39 Å². The van der Waals surface area contributed by atoms with Gasteiger partial charge in [0, 0.05) is 17.8 Å². The summed E-state index contributed by atoms with van der Waals surface area (Å²) in [6.07, 6.45) is 0.647. The number of nitrogens with zero attached hydrogens (tertiary/aromatic N) is 1. The number of thiazole rings is 1. The van der Waals surface area contributed by atoms with Crippen LogP contribution in [0.5, 0.6) is 0 Å². The monoisotopic (exact) mass is 250 g/mol. The van der Waals surface area contributed by atoms with Gasteiger partial charge in [0.2, 0.25) is 0 Å². The topological polar surface area (TPSA) is 38.9 Å². The molecule has 17 heavy (non-hydrogen) atoms. The average Bonchev–Trinajstić information content (AvgIpc) is 2.67. The molecule has 0 saturated heterocycles. The second-order valence-corrected chi connectivity index (χ2v) is 5.23. The Kier molecular flexibility index (Phi) is 3.54. The predicted molar refractivity (Wildman–Crippen MR) is 68.6 cm³/mol. The normalized spacial score (nSPS) is 12.7. The van der Waals surface area contributed by atoms with Crippen molar-refractivity contribution in [3.63, 3.8) is 0 Å². The number of aromatic nitrogens is 1. The number of benzene rings is 1. The molecular formula is C13H15FN2S. The number of aryl methyl sites for hydroxylation is 2. The number of rotatable bonds is 3. The molecule has 1 aromatic carbocycles. The molecule has 0 bridgehead atoms. The zero-order valence-corrected chi connectivity index (χ0v) is 10.7. The fourth-order valence-corrected chi connectivity index (χ4v) is 2.47. The van der Waals surface area contributed by atoms with Crippen LogP contribution in [0.15, 0.2) is 23.6 Å². The summed E-state index contributed by atoms with van der Waals surface area (Å²) in [6, 6.07) is 4.53. The van der Waals surface area contributed by atoms with E-state index in [2.05, 4.69) is 4.98 Å². The first kappa shape index (κ1) is 12.2. The van der Waals surface area contributed by atoms with Gasteiger partial charge < -0.3 is 5.73 Å². The van der Waals surface area contributed by atoms with E-state index >= 15 is 0 Å². The van der Waals surface area contributed by atoms with Crippen LogP contribution in [0.4, 0.5) is 4.39 Å². The molecular weight excluding hydrogens is 235 g/mol. The summed E-state index contributed by atoms with van der Waals surface area (Å²) >= 11 is 1.61. The van der Waals surface area contributed by atoms with E-state index in [9.17, 15) is 4.39 Å². The first-order valence-electron chi connectivity index (χ1n) is 5.49. The summed E-state index contributed by atoms with van der Waals surface area (Å²) in [5.41, 5.74) is 8.96.